The fourth-order valence-corrected chi connectivity index (χ4v) is 1.31. The molecule has 0 heterocycles. The smallest absolute Gasteiger partial charge is 0.339 e. The maximum Gasteiger partial charge on any atom is 0.339 e. The van der Waals surface area contributed by atoms with Gasteiger partial charge < -0.3 is 9.47 Å². The highest BCUT2D eigenvalue weighted by atomic mass is 79.9. The summed E-state index contributed by atoms with van der Waals surface area (Å²) in [6, 6.07) is 5.12. The van der Waals surface area contributed by atoms with Crippen LogP contribution < -0.4 is 4.74 Å². The third-order valence-electron chi connectivity index (χ3n) is 1.58. The Balaban J connectivity index is 0.000000921. The van der Waals surface area contributed by atoms with E-state index < -0.39 is 0 Å². The zero-order chi connectivity index (χ0) is 11.8. The van der Waals surface area contributed by atoms with E-state index >= 15 is 0 Å². The highest BCUT2D eigenvalue weighted by molar-refractivity contribution is 9.10. The highest BCUT2D eigenvalue weighted by Gasteiger charge is 2.10. The molecule has 0 saturated carbocycles. The second-order valence-corrected chi connectivity index (χ2v) is 3.19. The summed E-state index contributed by atoms with van der Waals surface area (Å²) in [6.45, 7) is 4.00. The van der Waals surface area contributed by atoms with E-state index in [1.54, 1.807) is 25.3 Å². The molecule has 0 atom stereocenters. The maximum atomic E-state index is 11.2. The van der Waals surface area contributed by atoms with Crippen LogP contribution in [0.5, 0.6) is 5.75 Å². The predicted octanol–water partition coefficient (Wildman–Crippen LogP) is 3.27. The van der Waals surface area contributed by atoms with Crippen LogP contribution in [-0.2, 0) is 4.74 Å². The molecule has 1 aromatic rings. The number of carbonyl (C=O) groups excluding carboxylic acids is 1. The SMILES string of the molecule is CC.COC(=O)c1cc(OC)ccc1Br. The number of halogens is 1. The van der Waals surface area contributed by atoms with Gasteiger partial charge in [-0.2, -0.15) is 0 Å². The molecule has 0 amide bonds. The van der Waals surface area contributed by atoms with Crippen LogP contribution in [0.1, 0.15) is 24.2 Å². The first kappa shape index (κ1) is 14.0. The number of methoxy groups -OCH3 is 2. The van der Waals surface area contributed by atoms with Crippen molar-refractivity contribution in [1.82, 2.24) is 0 Å². The molecule has 0 radical (unpaired) electrons. The van der Waals surface area contributed by atoms with Crippen LogP contribution in [-0.4, -0.2) is 20.2 Å². The summed E-state index contributed by atoms with van der Waals surface area (Å²) in [5.74, 6) is 0.245. The van der Waals surface area contributed by atoms with E-state index in [9.17, 15) is 4.79 Å². The second-order valence-electron chi connectivity index (χ2n) is 2.34. The molecular weight excluding hydrogens is 260 g/mol. The van der Waals surface area contributed by atoms with Crippen LogP contribution in [0.2, 0.25) is 0 Å². The minimum Gasteiger partial charge on any atom is -0.497 e. The Morgan fingerprint density at radius 1 is 1.27 bits per heavy atom. The first-order valence-electron chi connectivity index (χ1n) is 4.61. The van der Waals surface area contributed by atoms with Crippen molar-refractivity contribution in [2.75, 3.05) is 14.2 Å². The number of rotatable bonds is 2. The lowest BCUT2D eigenvalue weighted by Crippen LogP contribution is -2.02. The molecule has 0 aliphatic carbocycles. The zero-order valence-electron chi connectivity index (χ0n) is 9.33. The molecule has 0 saturated heterocycles. The average molecular weight is 275 g/mol. The molecule has 0 aliphatic rings. The third kappa shape index (κ3) is 3.91. The van der Waals surface area contributed by atoms with E-state index in [1.165, 1.54) is 7.11 Å². The van der Waals surface area contributed by atoms with E-state index in [0.717, 1.165) is 0 Å². The van der Waals surface area contributed by atoms with E-state index in [2.05, 4.69) is 20.7 Å². The molecule has 1 aromatic carbocycles. The van der Waals surface area contributed by atoms with Crippen molar-refractivity contribution in [2.24, 2.45) is 0 Å². The van der Waals surface area contributed by atoms with Gasteiger partial charge in [-0.25, -0.2) is 4.79 Å². The van der Waals surface area contributed by atoms with Gasteiger partial charge in [0.15, 0.2) is 0 Å². The van der Waals surface area contributed by atoms with E-state index in [-0.39, 0.29) is 5.97 Å². The standard InChI is InChI=1S/C9H9BrO3.C2H6/c1-12-6-3-4-8(10)7(5-6)9(11)13-2;1-2/h3-5H,1-2H3;1-2H3. The summed E-state index contributed by atoms with van der Waals surface area (Å²) in [7, 11) is 2.89. The van der Waals surface area contributed by atoms with Gasteiger partial charge in [-0.1, -0.05) is 13.8 Å². The molecule has 0 aliphatic heterocycles. The van der Waals surface area contributed by atoms with Crippen molar-refractivity contribution < 1.29 is 14.3 Å². The predicted molar refractivity (Wildman–Crippen MR) is 63.4 cm³/mol. The van der Waals surface area contributed by atoms with Crippen molar-refractivity contribution in [1.29, 1.82) is 0 Å². The van der Waals surface area contributed by atoms with E-state index in [1.807, 2.05) is 13.8 Å². The summed E-state index contributed by atoms with van der Waals surface area (Å²) in [4.78, 5) is 11.2. The minimum atomic E-state index is -0.384. The van der Waals surface area contributed by atoms with Crippen molar-refractivity contribution >= 4 is 21.9 Å². The van der Waals surface area contributed by atoms with Gasteiger partial charge in [-0.15, -0.1) is 0 Å². The van der Waals surface area contributed by atoms with Gasteiger partial charge in [-0.3, -0.25) is 0 Å². The molecule has 0 spiro atoms. The summed E-state index contributed by atoms with van der Waals surface area (Å²) >= 11 is 3.24. The molecule has 84 valence electrons. The number of carbonyl (C=O) groups is 1. The number of benzene rings is 1. The van der Waals surface area contributed by atoms with Crippen LogP contribution in [0.4, 0.5) is 0 Å². The van der Waals surface area contributed by atoms with Crippen molar-refractivity contribution in [3.05, 3.63) is 28.2 Å². The molecule has 3 nitrogen and oxygen atoms in total. The molecular formula is C11H15BrO3. The highest BCUT2D eigenvalue weighted by Crippen LogP contribution is 2.22. The molecule has 4 heteroatoms. The first-order valence-corrected chi connectivity index (χ1v) is 5.40. The lowest BCUT2D eigenvalue weighted by atomic mass is 10.2. The lowest BCUT2D eigenvalue weighted by molar-refractivity contribution is 0.0599. The van der Waals surface area contributed by atoms with Gasteiger partial charge in [0.2, 0.25) is 0 Å². The topological polar surface area (TPSA) is 35.5 Å². The van der Waals surface area contributed by atoms with Crippen molar-refractivity contribution in [3.63, 3.8) is 0 Å². The van der Waals surface area contributed by atoms with Crippen LogP contribution >= 0.6 is 15.9 Å². The third-order valence-corrected chi connectivity index (χ3v) is 2.27. The molecule has 0 aromatic heterocycles. The normalized spacial score (nSPS) is 8.60. The van der Waals surface area contributed by atoms with Crippen LogP contribution in [0, 0.1) is 0 Å². The molecule has 0 unspecified atom stereocenters. The van der Waals surface area contributed by atoms with Crippen molar-refractivity contribution in [3.8, 4) is 5.75 Å². The Labute approximate surface area is 98.5 Å². The Morgan fingerprint density at radius 2 is 1.87 bits per heavy atom. The van der Waals surface area contributed by atoms with Gasteiger partial charge in [0, 0.05) is 4.47 Å². The monoisotopic (exact) mass is 274 g/mol. The van der Waals surface area contributed by atoms with Crippen LogP contribution in [0.15, 0.2) is 22.7 Å². The Morgan fingerprint density at radius 3 is 2.33 bits per heavy atom. The van der Waals surface area contributed by atoms with Crippen LogP contribution in [0.25, 0.3) is 0 Å². The fraction of sp³-hybridized carbons (Fsp3) is 0.364. The second kappa shape index (κ2) is 7.29. The Bertz CT molecular complexity index is 324. The van der Waals surface area contributed by atoms with Crippen molar-refractivity contribution in [2.45, 2.75) is 13.8 Å². The fourth-order valence-electron chi connectivity index (χ4n) is 0.898. The van der Waals surface area contributed by atoms with Crippen LogP contribution in [0.3, 0.4) is 0 Å². The summed E-state index contributed by atoms with van der Waals surface area (Å²) < 4.78 is 10.3. The number of hydrogen-bond acceptors (Lipinski definition) is 3. The quantitative estimate of drug-likeness (QED) is 0.777. The van der Waals surface area contributed by atoms with E-state index in [4.69, 9.17) is 4.74 Å². The zero-order valence-corrected chi connectivity index (χ0v) is 10.9. The van der Waals surface area contributed by atoms with Gasteiger partial charge >= 0.3 is 5.97 Å². The summed E-state index contributed by atoms with van der Waals surface area (Å²) in [5, 5.41) is 0. The maximum absolute atomic E-state index is 11.2. The summed E-state index contributed by atoms with van der Waals surface area (Å²) in [6.07, 6.45) is 0. The number of ether oxygens (including phenoxy) is 2. The Hall–Kier alpha value is -1.03. The molecule has 1 rings (SSSR count). The van der Waals surface area contributed by atoms with Gasteiger partial charge in [0.05, 0.1) is 19.8 Å². The average Bonchev–Trinajstić information content (AvgIpc) is 2.31. The molecule has 0 fully saturated rings. The number of esters is 1. The molecule has 0 bridgehead atoms. The summed E-state index contributed by atoms with van der Waals surface area (Å²) in [5.41, 5.74) is 0.460. The number of hydrogen-bond donors (Lipinski definition) is 0. The first-order chi connectivity index (χ1) is 7.19. The lowest BCUT2D eigenvalue weighted by Gasteiger charge is -2.04. The minimum absolute atomic E-state index is 0.384. The van der Waals surface area contributed by atoms with Gasteiger partial charge in [0.25, 0.3) is 0 Å². The molecule has 0 N–H and O–H groups in total. The molecule has 15 heavy (non-hydrogen) atoms. The van der Waals surface area contributed by atoms with E-state index in [0.29, 0.717) is 15.8 Å². The largest absolute Gasteiger partial charge is 0.497 e. The Kier molecular flexibility index (Phi) is 6.79. The van der Waals surface area contributed by atoms with Gasteiger partial charge in [-0.05, 0) is 34.1 Å². The van der Waals surface area contributed by atoms with Gasteiger partial charge in [0.1, 0.15) is 5.75 Å².